The molecule has 0 aromatic carbocycles. The van der Waals surface area contributed by atoms with Gasteiger partial charge in [-0.05, 0) is 27.9 Å². The topological polar surface area (TPSA) is 42.1 Å². The Balaban J connectivity index is 2.92. The third-order valence-corrected chi connectivity index (χ3v) is 3.35. The van der Waals surface area contributed by atoms with E-state index >= 15 is 0 Å². The van der Waals surface area contributed by atoms with E-state index in [4.69, 9.17) is 5.73 Å². The molecule has 1 atom stereocenters. The average molecular weight is 199 g/mol. The maximum absolute atomic E-state index is 5.69. The van der Waals surface area contributed by atoms with Crippen LogP contribution in [0.2, 0.25) is 0 Å². The molecule has 0 amide bonds. The second kappa shape index (κ2) is 4.17. The molecule has 1 heterocycles. The predicted molar refractivity (Wildman–Crippen MR) is 57.1 cm³/mol. The Morgan fingerprint density at radius 1 is 1.46 bits per heavy atom. The molecule has 0 aliphatic heterocycles. The van der Waals surface area contributed by atoms with Crippen molar-refractivity contribution in [2.75, 3.05) is 20.6 Å². The van der Waals surface area contributed by atoms with Crippen LogP contribution in [0.5, 0.6) is 0 Å². The number of nitrogens with zero attached hydrogens (tertiary/aromatic N) is 2. The summed E-state index contributed by atoms with van der Waals surface area (Å²) in [4.78, 5) is 7.90. The third-order valence-electron chi connectivity index (χ3n) is 2.18. The lowest BCUT2D eigenvalue weighted by molar-refractivity contribution is 0.305. The number of rotatable bonds is 3. The van der Waals surface area contributed by atoms with Crippen LogP contribution < -0.4 is 5.73 Å². The second-order valence-electron chi connectivity index (χ2n) is 3.41. The Kier molecular flexibility index (Phi) is 3.41. The minimum Gasteiger partial charge on any atom is -0.329 e. The van der Waals surface area contributed by atoms with Crippen LogP contribution in [0.4, 0.5) is 0 Å². The fourth-order valence-corrected chi connectivity index (χ4v) is 2.31. The lowest BCUT2D eigenvalue weighted by Gasteiger charge is -2.19. The fourth-order valence-electron chi connectivity index (χ4n) is 1.17. The van der Waals surface area contributed by atoms with E-state index in [9.17, 15) is 0 Å². The number of aromatic nitrogens is 1. The highest BCUT2D eigenvalue weighted by Gasteiger charge is 2.16. The highest BCUT2D eigenvalue weighted by Crippen LogP contribution is 2.24. The van der Waals surface area contributed by atoms with Crippen molar-refractivity contribution in [3.63, 3.8) is 0 Å². The maximum atomic E-state index is 5.69. The Morgan fingerprint density at radius 2 is 2.08 bits per heavy atom. The van der Waals surface area contributed by atoms with E-state index in [-0.39, 0.29) is 6.04 Å². The van der Waals surface area contributed by atoms with Crippen molar-refractivity contribution in [3.8, 4) is 0 Å². The van der Waals surface area contributed by atoms with Crippen molar-refractivity contribution in [2.24, 2.45) is 5.73 Å². The average Bonchev–Trinajstić information content (AvgIpc) is 2.32. The molecule has 0 bridgehead atoms. The van der Waals surface area contributed by atoms with E-state index in [1.165, 1.54) is 4.88 Å². The molecule has 1 aromatic heterocycles. The van der Waals surface area contributed by atoms with Gasteiger partial charge in [0.05, 0.1) is 11.7 Å². The zero-order chi connectivity index (χ0) is 10.0. The minimum atomic E-state index is 0.261. The standard InChI is InChI=1S/C9H17N3S/c1-6-7(2)13-9(11-6)8(5-10)12(3)4/h8H,5,10H2,1-4H3. The van der Waals surface area contributed by atoms with Gasteiger partial charge >= 0.3 is 0 Å². The van der Waals surface area contributed by atoms with E-state index in [1.54, 1.807) is 11.3 Å². The fraction of sp³-hybridized carbons (Fsp3) is 0.667. The summed E-state index contributed by atoms with van der Waals surface area (Å²) in [5.41, 5.74) is 6.82. The summed E-state index contributed by atoms with van der Waals surface area (Å²) in [6.07, 6.45) is 0. The van der Waals surface area contributed by atoms with Crippen molar-refractivity contribution < 1.29 is 0 Å². The van der Waals surface area contributed by atoms with Crippen LogP contribution in [0.25, 0.3) is 0 Å². The van der Waals surface area contributed by atoms with Crippen LogP contribution in [0.15, 0.2) is 0 Å². The van der Waals surface area contributed by atoms with Crippen molar-refractivity contribution in [1.29, 1.82) is 0 Å². The monoisotopic (exact) mass is 199 g/mol. The highest BCUT2D eigenvalue weighted by atomic mass is 32.1. The Bertz CT molecular complexity index is 261. The van der Waals surface area contributed by atoms with Gasteiger partial charge in [0.1, 0.15) is 5.01 Å². The van der Waals surface area contributed by atoms with E-state index in [2.05, 4.69) is 16.8 Å². The molecule has 0 aliphatic carbocycles. The molecule has 0 saturated heterocycles. The molecule has 0 fully saturated rings. The SMILES string of the molecule is Cc1nc(C(CN)N(C)C)sc1C. The lowest BCUT2D eigenvalue weighted by atomic mass is 10.3. The minimum absolute atomic E-state index is 0.261. The number of aryl methyl sites for hydroxylation is 2. The van der Waals surface area contributed by atoms with Gasteiger partial charge in [0.2, 0.25) is 0 Å². The van der Waals surface area contributed by atoms with Gasteiger partial charge < -0.3 is 5.73 Å². The molecule has 0 spiro atoms. The van der Waals surface area contributed by atoms with Gasteiger partial charge in [0, 0.05) is 11.4 Å². The van der Waals surface area contributed by atoms with Crippen molar-refractivity contribution in [1.82, 2.24) is 9.88 Å². The zero-order valence-corrected chi connectivity index (χ0v) is 9.48. The van der Waals surface area contributed by atoms with E-state index in [1.807, 2.05) is 21.0 Å². The number of hydrogen-bond donors (Lipinski definition) is 1. The Labute approximate surface area is 83.6 Å². The van der Waals surface area contributed by atoms with E-state index in [0.717, 1.165) is 10.7 Å². The lowest BCUT2D eigenvalue weighted by Crippen LogP contribution is -2.27. The molecule has 0 aliphatic rings. The number of hydrogen-bond acceptors (Lipinski definition) is 4. The molecule has 3 nitrogen and oxygen atoms in total. The molecule has 13 heavy (non-hydrogen) atoms. The van der Waals surface area contributed by atoms with Crippen LogP contribution in [0.1, 0.15) is 21.6 Å². The van der Waals surface area contributed by atoms with Crippen molar-refractivity contribution in [2.45, 2.75) is 19.9 Å². The summed E-state index contributed by atoms with van der Waals surface area (Å²) in [6.45, 7) is 4.76. The number of nitrogens with two attached hydrogens (primary N) is 1. The summed E-state index contributed by atoms with van der Waals surface area (Å²) in [6, 6.07) is 0.261. The summed E-state index contributed by atoms with van der Waals surface area (Å²) in [5.74, 6) is 0. The number of thiazole rings is 1. The van der Waals surface area contributed by atoms with Gasteiger partial charge in [0.25, 0.3) is 0 Å². The van der Waals surface area contributed by atoms with Gasteiger partial charge in [-0.25, -0.2) is 4.98 Å². The maximum Gasteiger partial charge on any atom is 0.112 e. The molecule has 1 aromatic rings. The molecular weight excluding hydrogens is 182 g/mol. The summed E-state index contributed by atoms with van der Waals surface area (Å²) >= 11 is 1.74. The first kappa shape index (κ1) is 10.6. The first-order valence-electron chi connectivity index (χ1n) is 4.36. The van der Waals surface area contributed by atoms with E-state index in [0.29, 0.717) is 6.54 Å². The van der Waals surface area contributed by atoms with Crippen molar-refractivity contribution in [3.05, 3.63) is 15.6 Å². The quantitative estimate of drug-likeness (QED) is 0.798. The number of likely N-dealkylation sites (N-methyl/N-ethyl adjacent to an activating group) is 1. The van der Waals surface area contributed by atoms with E-state index < -0.39 is 0 Å². The smallest absolute Gasteiger partial charge is 0.112 e. The first-order chi connectivity index (χ1) is 6.06. The second-order valence-corrected chi connectivity index (χ2v) is 4.64. The summed E-state index contributed by atoms with van der Waals surface area (Å²) in [7, 11) is 4.06. The predicted octanol–water partition coefficient (Wildman–Crippen LogP) is 1.32. The molecule has 2 N–H and O–H groups in total. The Hall–Kier alpha value is -0.450. The van der Waals surface area contributed by atoms with Crippen LogP contribution in [0, 0.1) is 13.8 Å². The molecule has 0 radical (unpaired) electrons. The highest BCUT2D eigenvalue weighted by molar-refractivity contribution is 7.11. The van der Waals surface area contributed by atoms with Gasteiger partial charge in [-0.3, -0.25) is 4.90 Å². The van der Waals surface area contributed by atoms with Crippen molar-refractivity contribution >= 4 is 11.3 Å². The van der Waals surface area contributed by atoms with Gasteiger partial charge in [-0.2, -0.15) is 0 Å². The largest absolute Gasteiger partial charge is 0.329 e. The summed E-state index contributed by atoms with van der Waals surface area (Å²) < 4.78 is 0. The third kappa shape index (κ3) is 2.27. The van der Waals surface area contributed by atoms with Gasteiger partial charge in [0.15, 0.2) is 0 Å². The summed E-state index contributed by atoms with van der Waals surface area (Å²) in [5, 5.41) is 1.13. The van der Waals surface area contributed by atoms with Crippen LogP contribution in [0.3, 0.4) is 0 Å². The molecule has 1 rings (SSSR count). The van der Waals surface area contributed by atoms with Crippen LogP contribution >= 0.6 is 11.3 Å². The molecule has 1 unspecified atom stereocenters. The Morgan fingerprint density at radius 3 is 2.38 bits per heavy atom. The first-order valence-corrected chi connectivity index (χ1v) is 5.18. The molecule has 0 saturated carbocycles. The van der Waals surface area contributed by atoms with Gasteiger partial charge in [-0.1, -0.05) is 0 Å². The van der Waals surface area contributed by atoms with Gasteiger partial charge in [-0.15, -0.1) is 11.3 Å². The van der Waals surface area contributed by atoms with Crippen LogP contribution in [-0.2, 0) is 0 Å². The normalized spacial score (nSPS) is 13.7. The molecular formula is C9H17N3S. The molecule has 4 heteroatoms. The van der Waals surface area contributed by atoms with Crippen LogP contribution in [-0.4, -0.2) is 30.5 Å². The molecule has 74 valence electrons. The zero-order valence-electron chi connectivity index (χ0n) is 8.66.